The highest BCUT2D eigenvalue weighted by molar-refractivity contribution is 5.26. The molecule has 1 rings (SSSR count). The van der Waals surface area contributed by atoms with Crippen molar-refractivity contribution < 1.29 is 4.74 Å². The third kappa shape index (κ3) is 3.55. The minimum Gasteiger partial charge on any atom is -0.374 e. The quantitative estimate of drug-likeness (QED) is 0.822. The second-order valence-electron chi connectivity index (χ2n) is 4.84. The van der Waals surface area contributed by atoms with Crippen LogP contribution in [-0.2, 0) is 11.2 Å². The van der Waals surface area contributed by atoms with Crippen molar-refractivity contribution in [3.63, 3.8) is 0 Å². The van der Waals surface area contributed by atoms with Crippen LogP contribution in [0, 0.1) is 6.92 Å². The van der Waals surface area contributed by atoms with Crippen LogP contribution >= 0.6 is 0 Å². The van der Waals surface area contributed by atoms with Gasteiger partial charge in [-0.2, -0.15) is 0 Å². The molecular formula is C15H25NO. The molecule has 0 aromatic heterocycles. The predicted octanol–water partition coefficient (Wildman–Crippen LogP) is 3.07. The second-order valence-corrected chi connectivity index (χ2v) is 4.84. The smallest absolute Gasteiger partial charge is 0.0805 e. The Morgan fingerprint density at radius 2 is 1.94 bits per heavy atom. The minimum absolute atomic E-state index is 0.0357. The molecule has 0 bridgehead atoms. The van der Waals surface area contributed by atoms with E-state index in [-0.39, 0.29) is 11.6 Å². The van der Waals surface area contributed by atoms with Crippen molar-refractivity contribution in [1.29, 1.82) is 0 Å². The Bertz CT molecular complexity index is 351. The van der Waals surface area contributed by atoms with E-state index in [1.807, 2.05) is 6.92 Å². The molecule has 0 spiro atoms. The zero-order valence-electron chi connectivity index (χ0n) is 11.5. The molecule has 2 N–H and O–H groups in total. The van der Waals surface area contributed by atoms with E-state index in [1.165, 1.54) is 11.1 Å². The zero-order chi connectivity index (χ0) is 12.9. The van der Waals surface area contributed by atoms with Gasteiger partial charge in [0, 0.05) is 12.6 Å². The number of rotatable bonds is 6. The number of ether oxygens (including phenoxy) is 1. The molecule has 2 heteroatoms. The van der Waals surface area contributed by atoms with Crippen molar-refractivity contribution in [2.45, 2.75) is 52.2 Å². The molecule has 17 heavy (non-hydrogen) atoms. The van der Waals surface area contributed by atoms with Crippen LogP contribution in [0.2, 0.25) is 0 Å². The molecule has 0 heterocycles. The fraction of sp³-hybridized carbons (Fsp3) is 0.600. The lowest BCUT2D eigenvalue weighted by atomic mass is 9.88. The van der Waals surface area contributed by atoms with Gasteiger partial charge in [-0.05, 0) is 44.7 Å². The van der Waals surface area contributed by atoms with Crippen LogP contribution in [0.4, 0.5) is 0 Å². The fourth-order valence-electron chi connectivity index (χ4n) is 2.09. The molecule has 0 radical (unpaired) electrons. The first-order chi connectivity index (χ1) is 8.03. The summed E-state index contributed by atoms with van der Waals surface area (Å²) in [7, 11) is 0. The van der Waals surface area contributed by atoms with Crippen molar-refractivity contribution in [3.05, 3.63) is 35.4 Å². The molecule has 0 saturated heterocycles. The molecule has 0 aliphatic carbocycles. The van der Waals surface area contributed by atoms with Crippen molar-refractivity contribution >= 4 is 0 Å². The molecular weight excluding hydrogens is 210 g/mol. The topological polar surface area (TPSA) is 35.2 Å². The average Bonchev–Trinajstić information content (AvgIpc) is 2.32. The van der Waals surface area contributed by atoms with Gasteiger partial charge in [-0.15, -0.1) is 0 Å². The van der Waals surface area contributed by atoms with Gasteiger partial charge in [-0.25, -0.2) is 0 Å². The first kappa shape index (κ1) is 14.2. The van der Waals surface area contributed by atoms with Crippen molar-refractivity contribution in [2.24, 2.45) is 5.73 Å². The van der Waals surface area contributed by atoms with Gasteiger partial charge in [0.1, 0.15) is 0 Å². The van der Waals surface area contributed by atoms with E-state index in [2.05, 4.69) is 45.0 Å². The first-order valence-corrected chi connectivity index (χ1v) is 6.47. The largest absolute Gasteiger partial charge is 0.374 e. The van der Waals surface area contributed by atoms with Crippen LogP contribution in [-0.4, -0.2) is 18.2 Å². The predicted molar refractivity (Wildman–Crippen MR) is 73.2 cm³/mol. The lowest BCUT2D eigenvalue weighted by Gasteiger charge is -2.34. The number of benzene rings is 1. The molecule has 0 fully saturated rings. The maximum atomic E-state index is 6.32. The molecule has 2 unspecified atom stereocenters. The van der Waals surface area contributed by atoms with Crippen LogP contribution in [0.5, 0.6) is 0 Å². The summed E-state index contributed by atoms with van der Waals surface area (Å²) in [6, 6.07) is 8.45. The first-order valence-electron chi connectivity index (χ1n) is 6.47. The summed E-state index contributed by atoms with van der Waals surface area (Å²) in [5.74, 6) is 0. The van der Waals surface area contributed by atoms with Gasteiger partial charge in [0.2, 0.25) is 0 Å². The van der Waals surface area contributed by atoms with Crippen molar-refractivity contribution in [2.75, 3.05) is 6.61 Å². The summed E-state index contributed by atoms with van der Waals surface area (Å²) in [6.07, 6.45) is 1.81. The maximum absolute atomic E-state index is 6.32. The van der Waals surface area contributed by atoms with Crippen LogP contribution < -0.4 is 5.73 Å². The normalized spacial score (nSPS) is 16.5. The Hall–Kier alpha value is -0.860. The monoisotopic (exact) mass is 235 g/mol. The maximum Gasteiger partial charge on any atom is 0.0805 e. The van der Waals surface area contributed by atoms with E-state index >= 15 is 0 Å². The highest BCUT2D eigenvalue weighted by atomic mass is 16.5. The number of hydrogen-bond donors (Lipinski definition) is 1. The van der Waals surface area contributed by atoms with Gasteiger partial charge in [-0.3, -0.25) is 0 Å². The lowest BCUT2D eigenvalue weighted by molar-refractivity contribution is -0.0461. The Kier molecular flexibility index (Phi) is 5.16. The van der Waals surface area contributed by atoms with Gasteiger partial charge in [0.15, 0.2) is 0 Å². The van der Waals surface area contributed by atoms with Crippen LogP contribution in [0.15, 0.2) is 24.3 Å². The van der Waals surface area contributed by atoms with Gasteiger partial charge in [-0.1, -0.05) is 31.2 Å². The molecule has 0 aliphatic heterocycles. The Morgan fingerprint density at radius 1 is 1.29 bits per heavy atom. The Balaban J connectivity index is 2.77. The van der Waals surface area contributed by atoms with E-state index in [0.29, 0.717) is 6.61 Å². The molecule has 2 atom stereocenters. The number of hydrogen-bond acceptors (Lipinski definition) is 2. The molecule has 1 aromatic carbocycles. The van der Waals surface area contributed by atoms with E-state index in [4.69, 9.17) is 10.5 Å². The average molecular weight is 235 g/mol. The summed E-state index contributed by atoms with van der Waals surface area (Å²) in [5, 5.41) is 0. The second kappa shape index (κ2) is 6.18. The highest BCUT2D eigenvalue weighted by Gasteiger charge is 2.30. The molecule has 96 valence electrons. The molecule has 0 amide bonds. The van der Waals surface area contributed by atoms with E-state index in [0.717, 1.165) is 12.8 Å². The third-order valence-electron chi connectivity index (χ3n) is 3.66. The molecule has 1 aromatic rings. The highest BCUT2D eigenvalue weighted by Crippen LogP contribution is 2.22. The summed E-state index contributed by atoms with van der Waals surface area (Å²) in [5.41, 5.74) is 8.72. The summed E-state index contributed by atoms with van der Waals surface area (Å²) >= 11 is 0. The van der Waals surface area contributed by atoms with E-state index in [1.54, 1.807) is 0 Å². The van der Waals surface area contributed by atoms with Gasteiger partial charge in [0.05, 0.1) is 5.60 Å². The van der Waals surface area contributed by atoms with Crippen molar-refractivity contribution in [3.8, 4) is 0 Å². The lowest BCUT2D eigenvalue weighted by Crippen LogP contribution is -2.48. The summed E-state index contributed by atoms with van der Waals surface area (Å²) in [4.78, 5) is 0. The molecule has 0 saturated carbocycles. The van der Waals surface area contributed by atoms with E-state index in [9.17, 15) is 0 Å². The summed E-state index contributed by atoms with van der Waals surface area (Å²) < 4.78 is 5.83. The molecule has 2 nitrogen and oxygen atoms in total. The van der Waals surface area contributed by atoms with Crippen LogP contribution in [0.1, 0.15) is 38.3 Å². The third-order valence-corrected chi connectivity index (χ3v) is 3.66. The number of aryl methyl sites for hydroxylation is 1. The Morgan fingerprint density at radius 3 is 2.47 bits per heavy atom. The van der Waals surface area contributed by atoms with Crippen LogP contribution in [0.3, 0.4) is 0 Å². The summed E-state index contributed by atoms with van der Waals surface area (Å²) in [6.45, 7) is 9.11. The minimum atomic E-state index is -0.225. The SMILES string of the molecule is CCOC(C)(CC)C(N)Cc1ccccc1C. The van der Waals surface area contributed by atoms with E-state index < -0.39 is 0 Å². The standard InChI is InChI=1S/C15H25NO/c1-5-15(4,17-6-2)14(16)11-13-10-8-7-9-12(13)3/h7-10,14H,5-6,11,16H2,1-4H3. The molecule has 0 aliphatic rings. The van der Waals surface area contributed by atoms with Crippen LogP contribution in [0.25, 0.3) is 0 Å². The van der Waals surface area contributed by atoms with Gasteiger partial charge >= 0.3 is 0 Å². The Labute approximate surface area is 105 Å². The fourth-order valence-corrected chi connectivity index (χ4v) is 2.09. The number of nitrogens with two attached hydrogens (primary N) is 1. The van der Waals surface area contributed by atoms with Gasteiger partial charge in [0.25, 0.3) is 0 Å². The zero-order valence-corrected chi connectivity index (χ0v) is 11.5. The van der Waals surface area contributed by atoms with Gasteiger partial charge < -0.3 is 10.5 Å². The van der Waals surface area contributed by atoms with Crippen molar-refractivity contribution in [1.82, 2.24) is 0 Å².